The van der Waals surface area contributed by atoms with Crippen LogP contribution in [-0.4, -0.2) is 25.3 Å². The number of hydrogen-bond acceptors (Lipinski definition) is 5. The monoisotopic (exact) mass is 342 g/mol. The van der Waals surface area contributed by atoms with Crippen molar-refractivity contribution in [1.29, 1.82) is 0 Å². The first-order valence-corrected chi connectivity index (χ1v) is 9.18. The molecule has 0 aliphatic heterocycles. The van der Waals surface area contributed by atoms with Gasteiger partial charge >= 0.3 is 5.69 Å². The normalized spacial score (nSPS) is 11.5. The van der Waals surface area contributed by atoms with Gasteiger partial charge in [0.25, 0.3) is 0 Å². The van der Waals surface area contributed by atoms with Crippen molar-refractivity contribution in [3.8, 4) is 0 Å². The molecule has 116 valence electrons. The molecule has 0 radical (unpaired) electrons. The highest BCUT2D eigenvalue weighted by molar-refractivity contribution is 7.99. The summed E-state index contributed by atoms with van der Waals surface area (Å²) < 4.78 is 1.80. The third kappa shape index (κ3) is 2.77. The standard InChI is InChI=1S/C16H14N4OS2/c21-16-19-12-4-1-2-5-13(12)20(16)7-3-8-22-14-11-6-9-23-15(11)18-10-17-14/h1-2,4-6,9-10H,3,7-8H2,(H,19,21). The van der Waals surface area contributed by atoms with Crippen LogP contribution in [0.2, 0.25) is 0 Å². The first-order valence-electron chi connectivity index (χ1n) is 7.31. The zero-order chi connectivity index (χ0) is 15.6. The van der Waals surface area contributed by atoms with Crippen LogP contribution in [-0.2, 0) is 6.54 Å². The van der Waals surface area contributed by atoms with Gasteiger partial charge in [0.15, 0.2) is 0 Å². The summed E-state index contributed by atoms with van der Waals surface area (Å²) in [5.74, 6) is 0.911. The number of nitrogens with zero attached hydrogens (tertiary/aromatic N) is 3. The number of thioether (sulfide) groups is 1. The predicted molar refractivity (Wildman–Crippen MR) is 95.3 cm³/mol. The average Bonchev–Trinajstić information content (AvgIpc) is 3.16. The van der Waals surface area contributed by atoms with Gasteiger partial charge in [0.2, 0.25) is 0 Å². The zero-order valence-corrected chi connectivity index (χ0v) is 13.9. The van der Waals surface area contributed by atoms with E-state index in [0.717, 1.165) is 38.4 Å². The van der Waals surface area contributed by atoms with Crippen LogP contribution in [0.15, 0.2) is 51.9 Å². The SMILES string of the molecule is O=c1[nH]c2ccccc2n1CCCSc1ncnc2sccc12. The summed E-state index contributed by atoms with van der Waals surface area (Å²) in [5, 5.41) is 4.17. The van der Waals surface area contributed by atoms with E-state index in [1.165, 1.54) is 0 Å². The molecule has 0 saturated carbocycles. The largest absolute Gasteiger partial charge is 0.326 e. The summed E-state index contributed by atoms with van der Waals surface area (Å²) in [5.41, 5.74) is 1.81. The fraction of sp³-hybridized carbons (Fsp3) is 0.188. The molecule has 0 atom stereocenters. The molecule has 1 aromatic carbocycles. The Balaban J connectivity index is 1.45. The molecule has 0 aliphatic rings. The highest BCUT2D eigenvalue weighted by Gasteiger charge is 2.07. The van der Waals surface area contributed by atoms with Crippen LogP contribution < -0.4 is 5.69 Å². The number of thiophene rings is 1. The zero-order valence-electron chi connectivity index (χ0n) is 12.2. The maximum Gasteiger partial charge on any atom is 0.326 e. The number of hydrogen-bond donors (Lipinski definition) is 1. The fourth-order valence-corrected chi connectivity index (χ4v) is 4.31. The number of fused-ring (bicyclic) bond motifs is 2. The lowest BCUT2D eigenvalue weighted by Crippen LogP contribution is -2.17. The van der Waals surface area contributed by atoms with E-state index in [-0.39, 0.29) is 5.69 Å². The highest BCUT2D eigenvalue weighted by atomic mass is 32.2. The van der Waals surface area contributed by atoms with Crippen molar-refractivity contribution in [3.63, 3.8) is 0 Å². The number of imidazole rings is 1. The lowest BCUT2D eigenvalue weighted by molar-refractivity contribution is 0.679. The Bertz CT molecular complexity index is 1020. The minimum absolute atomic E-state index is 0.0431. The molecule has 4 aromatic rings. The lowest BCUT2D eigenvalue weighted by Gasteiger charge is -2.04. The van der Waals surface area contributed by atoms with Crippen molar-refractivity contribution in [3.05, 3.63) is 52.5 Å². The minimum Gasteiger partial charge on any atom is -0.306 e. The van der Waals surface area contributed by atoms with E-state index in [9.17, 15) is 4.79 Å². The van der Waals surface area contributed by atoms with Gasteiger partial charge in [0.1, 0.15) is 16.2 Å². The van der Waals surface area contributed by atoms with Gasteiger partial charge < -0.3 is 4.98 Å². The van der Waals surface area contributed by atoms with Crippen molar-refractivity contribution in [2.75, 3.05) is 5.75 Å². The van der Waals surface area contributed by atoms with E-state index in [1.54, 1.807) is 34.0 Å². The molecule has 0 aliphatic carbocycles. The summed E-state index contributed by atoms with van der Waals surface area (Å²) in [6, 6.07) is 9.84. The summed E-state index contributed by atoms with van der Waals surface area (Å²) in [6.45, 7) is 0.702. The number of benzene rings is 1. The Labute approximate surface area is 140 Å². The van der Waals surface area contributed by atoms with Crippen molar-refractivity contribution >= 4 is 44.3 Å². The van der Waals surface area contributed by atoms with Crippen LogP contribution in [0.4, 0.5) is 0 Å². The summed E-state index contributed by atoms with van der Waals surface area (Å²) >= 11 is 3.35. The maximum atomic E-state index is 12.0. The van der Waals surface area contributed by atoms with Crippen LogP contribution in [0.1, 0.15) is 6.42 Å². The Hall–Kier alpha value is -2.12. The predicted octanol–water partition coefficient (Wildman–Crippen LogP) is 3.52. The molecule has 0 saturated heterocycles. The number of para-hydroxylation sites is 2. The van der Waals surface area contributed by atoms with Gasteiger partial charge in [0.05, 0.1) is 11.0 Å². The minimum atomic E-state index is -0.0431. The van der Waals surface area contributed by atoms with Crippen molar-refractivity contribution < 1.29 is 0 Å². The van der Waals surface area contributed by atoms with Crippen molar-refractivity contribution in [2.24, 2.45) is 0 Å². The van der Waals surface area contributed by atoms with Gasteiger partial charge in [-0.25, -0.2) is 14.8 Å². The van der Waals surface area contributed by atoms with E-state index in [0.29, 0.717) is 6.54 Å². The number of aromatic nitrogens is 4. The Morgan fingerprint density at radius 2 is 2.13 bits per heavy atom. The average molecular weight is 342 g/mol. The van der Waals surface area contributed by atoms with Gasteiger partial charge in [-0.15, -0.1) is 23.1 Å². The first-order chi connectivity index (χ1) is 11.3. The quantitative estimate of drug-likeness (QED) is 0.342. The second kappa shape index (κ2) is 6.17. The molecule has 3 heterocycles. The summed E-state index contributed by atoms with van der Waals surface area (Å²) in [7, 11) is 0. The molecule has 0 spiro atoms. The van der Waals surface area contributed by atoms with E-state index < -0.39 is 0 Å². The van der Waals surface area contributed by atoms with Crippen LogP contribution in [0.25, 0.3) is 21.3 Å². The third-order valence-corrected chi connectivity index (χ3v) is 5.58. The Morgan fingerprint density at radius 1 is 1.22 bits per heavy atom. The molecular formula is C16H14N4OS2. The highest BCUT2D eigenvalue weighted by Crippen LogP contribution is 2.28. The molecule has 0 bridgehead atoms. The lowest BCUT2D eigenvalue weighted by atomic mass is 10.3. The number of H-pyrrole nitrogens is 1. The van der Waals surface area contributed by atoms with E-state index in [1.807, 2.05) is 29.6 Å². The Kier molecular flexibility index (Phi) is 3.88. The third-order valence-electron chi connectivity index (χ3n) is 3.67. The van der Waals surface area contributed by atoms with Gasteiger partial charge in [-0.05, 0) is 30.0 Å². The number of rotatable bonds is 5. The smallest absolute Gasteiger partial charge is 0.306 e. The second-order valence-electron chi connectivity index (χ2n) is 5.12. The maximum absolute atomic E-state index is 12.0. The molecule has 0 amide bonds. The molecule has 3 aromatic heterocycles. The van der Waals surface area contributed by atoms with E-state index in [2.05, 4.69) is 21.0 Å². The second-order valence-corrected chi connectivity index (χ2v) is 7.10. The fourth-order valence-electron chi connectivity index (χ4n) is 2.60. The number of aromatic amines is 1. The molecule has 4 rings (SSSR count). The van der Waals surface area contributed by atoms with Crippen molar-refractivity contribution in [2.45, 2.75) is 18.0 Å². The van der Waals surface area contributed by atoms with Crippen molar-refractivity contribution in [1.82, 2.24) is 19.5 Å². The summed E-state index contributed by atoms with van der Waals surface area (Å²) in [6.07, 6.45) is 2.52. The van der Waals surface area contributed by atoms with Gasteiger partial charge in [-0.3, -0.25) is 4.57 Å². The van der Waals surface area contributed by atoms with Crippen LogP contribution in [0, 0.1) is 0 Å². The van der Waals surface area contributed by atoms with Gasteiger partial charge in [-0.2, -0.15) is 0 Å². The molecular weight excluding hydrogens is 328 g/mol. The van der Waals surface area contributed by atoms with Gasteiger partial charge in [0, 0.05) is 17.7 Å². The van der Waals surface area contributed by atoms with Gasteiger partial charge in [-0.1, -0.05) is 12.1 Å². The number of nitrogens with one attached hydrogen (secondary N) is 1. The first kappa shape index (κ1) is 14.5. The summed E-state index contributed by atoms with van der Waals surface area (Å²) in [4.78, 5) is 24.6. The molecule has 0 unspecified atom stereocenters. The Morgan fingerprint density at radius 3 is 3.09 bits per heavy atom. The van der Waals surface area contributed by atoms with Crippen LogP contribution in [0.5, 0.6) is 0 Å². The topological polar surface area (TPSA) is 63.6 Å². The van der Waals surface area contributed by atoms with Crippen LogP contribution >= 0.6 is 23.1 Å². The van der Waals surface area contributed by atoms with Crippen LogP contribution in [0.3, 0.4) is 0 Å². The molecule has 23 heavy (non-hydrogen) atoms. The molecule has 7 heteroatoms. The molecule has 5 nitrogen and oxygen atoms in total. The van der Waals surface area contributed by atoms with E-state index in [4.69, 9.17) is 0 Å². The molecule has 1 N–H and O–H groups in total. The molecule has 0 fully saturated rings. The van der Waals surface area contributed by atoms with E-state index >= 15 is 0 Å². The number of aryl methyl sites for hydroxylation is 1.